The first kappa shape index (κ1) is 79.3. The Bertz CT molecular complexity index is 3410. The topological polar surface area (TPSA) is 0 Å². The van der Waals surface area contributed by atoms with E-state index in [-0.39, 0.29) is 71.0 Å². The van der Waals surface area contributed by atoms with Gasteiger partial charge >= 0.3 is 0 Å². The van der Waals surface area contributed by atoms with Gasteiger partial charge in [-0.25, -0.2) is 0 Å². The third-order valence-electron chi connectivity index (χ3n) is 25.3. The molecule has 536 valence electrons. The molecule has 0 N–H and O–H groups in total. The largest absolute Gasteiger partial charge is 0.176 e. The van der Waals surface area contributed by atoms with E-state index in [0.29, 0.717) is 35.5 Å². The third-order valence-corrected chi connectivity index (χ3v) is 257. The molecule has 4 unspecified atom stereocenters. The molecule has 0 nitrogen and oxygen atoms in total. The summed E-state index contributed by atoms with van der Waals surface area (Å²) in [6, 6.07) is 34.0. The summed E-state index contributed by atoms with van der Waals surface area (Å²) < 4.78 is 0. The Hall–Kier alpha value is -2.80. The molecule has 0 spiro atoms. The molecule has 5 fully saturated rings. The van der Waals surface area contributed by atoms with Crippen LogP contribution in [0, 0.1) is 0 Å². The molecule has 98 heavy (non-hydrogen) atoms. The maximum Gasteiger partial charge on any atom is 0.153 e. The Balaban J connectivity index is 1.93. The van der Waals surface area contributed by atoms with Crippen LogP contribution in [0.4, 0.5) is 0 Å². The lowest BCUT2D eigenvalue weighted by Crippen LogP contribution is -3.53. The zero-order valence-electron chi connectivity index (χ0n) is 69.1. The van der Waals surface area contributed by atoms with Crippen LogP contribution in [0.3, 0.4) is 0 Å². The second-order valence-electron chi connectivity index (χ2n) is 37.5. The monoisotopic (exact) mass is 1460 g/mol. The van der Waals surface area contributed by atoms with Crippen molar-refractivity contribution in [3.8, 4) is 0 Å². The number of rotatable bonds is 24. The summed E-state index contributed by atoms with van der Waals surface area (Å²) in [6.45, 7) is 85.0. The van der Waals surface area contributed by atoms with Crippen LogP contribution >= 0.6 is 22.2 Å². The Morgan fingerprint density at radius 1 is 0.163 bits per heavy atom. The van der Waals surface area contributed by atoms with Crippen LogP contribution in [0.1, 0.15) is 456 Å². The average molecular weight is 1460 g/mol. The van der Waals surface area contributed by atoms with Gasteiger partial charge in [-0.2, -0.15) is 22.2 Å². The van der Waals surface area contributed by atoms with Gasteiger partial charge in [-0.15, -0.1) is 0 Å². The maximum atomic E-state index is 11.4. The van der Waals surface area contributed by atoms with E-state index in [9.17, 15) is 22.2 Å². The van der Waals surface area contributed by atoms with Gasteiger partial charge in [-0.3, -0.25) is 0 Å². The van der Waals surface area contributed by atoms with Gasteiger partial charge < -0.3 is 0 Å². The van der Waals surface area contributed by atoms with Gasteiger partial charge in [0.25, 0.3) is 0 Å². The lowest BCUT2D eigenvalue weighted by atomic mass is 9.89. The molecular weight excluding hydrogens is 1320 g/mol. The highest BCUT2D eigenvalue weighted by molar-refractivity contribution is 8.81. The van der Waals surface area contributed by atoms with Crippen LogP contribution in [-0.4, -0.2) is 39.3 Å². The number of hydrogen-bond acceptors (Lipinski definition) is 0. The number of halogens is 2. The van der Waals surface area contributed by atoms with Crippen LogP contribution in [0.15, 0.2) is 72.8 Å². The van der Waals surface area contributed by atoms with Crippen molar-refractivity contribution in [3.63, 3.8) is 0 Å². The van der Waals surface area contributed by atoms with Crippen molar-refractivity contribution in [3.05, 3.63) is 173 Å². The molecule has 0 saturated carbocycles. The minimum Gasteiger partial charge on any atom is -0.176 e. The van der Waals surface area contributed by atoms with Crippen molar-refractivity contribution in [2.24, 2.45) is 0 Å². The lowest BCUT2D eigenvalue weighted by Gasteiger charge is -3.08. The highest BCUT2D eigenvalue weighted by atomic mass is 35.6. The van der Waals surface area contributed by atoms with E-state index in [0.717, 1.165) is 0 Å². The quantitative estimate of drug-likeness (QED) is 0.0419. The molecular formula is C90H138Cl2Si6. The van der Waals surface area contributed by atoms with Crippen molar-refractivity contribution in [1.82, 2.24) is 0 Å². The van der Waals surface area contributed by atoms with E-state index < -0.39 is 39.3 Å². The van der Waals surface area contributed by atoms with Crippen molar-refractivity contribution < 1.29 is 0 Å². The van der Waals surface area contributed by atoms with Crippen molar-refractivity contribution in [2.45, 2.75) is 356 Å². The van der Waals surface area contributed by atoms with E-state index in [1.54, 1.807) is 66.8 Å². The molecule has 0 radical (unpaired) electrons. The number of hydrogen-bond donors (Lipinski definition) is 0. The Morgan fingerprint density at radius 3 is 0.357 bits per heavy atom. The summed E-state index contributed by atoms with van der Waals surface area (Å²) in [5.74, 6) is -1.87. The van der Waals surface area contributed by atoms with Crippen molar-refractivity contribution in [2.75, 3.05) is 0 Å². The van der Waals surface area contributed by atoms with E-state index in [1.807, 2.05) is 31.1 Å². The third kappa shape index (κ3) is 10.6. The normalized spacial score (nSPS) is 21.3. The molecule has 11 rings (SSSR count). The van der Waals surface area contributed by atoms with Gasteiger partial charge in [0.15, 0.2) is 11.9 Å². The second kappa shape index (κ2) is 27.9. The Morgan fingerprint density at radius 2 is 0.265 bits per heavy atom. The predicted octanol–water partition coefficient (Wildman–Crippen LogP) is 24.5. The van der Waals surface area contributed by atoms with Gasteiger partial charge in [0.1, 0.15) is 14.2 Å². The minimum absolute atomic E-state index is 0.260. The summed E-state index contributed by atoms with van der Waals surface area (Å²) in [5.41, 5.74) is 28.6. The molecule has 5 aliphatic rings. The smallest absolute Gasteiger partial charge is 0.153 e. The summed E-state index contributed by atoms with van der Waals surface area (Å²) >= 11 is 22.8. The van der Waals surface area contributed by atoms with Crippen LogP contribution in [0.2, 0.25) is 0 Å². The van der Waals surface area contributed by atoms with E-state index in [1.165, 1.54) is 33.4 Å². The molecule has 0 aliphatic carbocycles. The molecule has 6 aromatic rings. The van der Waals surface area contributed by atoms with Crippen LogP contribution in [-0.2, 0) is 0 Å². The summed E-state index contributed by atoms with van der Waals surface area (Å²) in [6.07, 6.45) is 0. The summed E-state index contributed by atoms with van der Waals surface area (Å²) in [4.78, 5) is 0. The van der Waals surface area contributed by atoms with Gasteiger partial charge in [0.05, 0.1) is 13.3 Å². The molecule has 8 heteroatoms. The van der Waals surface area contributed by atoms with Crippen LogP contribution in [0.5, 0.6) is 0 Å². The first-order valence-electron chi connectivity index (χ1n) is 39.8. The molecule has 0 amide bonds. The maximum absolute atomic E-state index is 11.4. The molecule has 4 bridgehead atoms. The van der Waals surface area contributed by atoms with Crippen molar-refractivity contribution in [1.29, 1.82) is 0 Å². The lowest BCUT2D eigenvalue weighted by molar-refractivity contribution is 0.807. The fraction of sp³-hybridized carbons (Fsp3) is 0.600. The average Bonchev–Trinajstić information content (AvgIpc) is 0.521. The summed E-state index contributed by atoms with van der Waals surface area (Å²) in [5, 5.41) is 11.0. The first-order valence-corrected chi connectivity index (χ1v) is 61.8. The van der Waals surface area contributed by atoms with E-state index in [4.69, 9.17) is 0 Å². The molecule has 6 aromatic carbocycles. The second-order valence-corrected chi connectivity index (χ2v) is 115. The standard InChI is InChI=1S/C90H138Cl2Si6/c1-49(2)67-37-73(55(13)14)85(74(38-67)56(15)16)93(86-75(57(17)18)39-68(50(3)4)40-76(86)58(19)20)95(89-81(63(29)30)45-71(53(9)10)46-82(89)64(31)32)96(90-83(65(33)34)47-72(54(11)12)48-84(90)66(35)36)94(98(95,92)97(93,96)91,87-77(59(21)22)41-69(51(5)6)42-78(87)60(23)24)88-79(61(25)26)43-70(52(7)8)44-80(88)62(27)28/h37-66H,1-36H3. The fourth-order valence-electron chi connectivity index (χ4n) is 20.5. The van der Waals surface area contributed by atoms with E-state index >= 15 is 0 Å². The highest BCUT2D eigenvalue weighted by Gasteiger charge is 3.28. The van der Waals surface area contributed by atoms with Crippen LogP contribution in [0.25, 0.3) is 0 Å². The number of benzene rings is 6. The highest BCUT2D eigenvalue weighted by Crippen LogP contribution is 2.87. The first-order chi connectivity index (χ1) is 45.3. The summed E-state index contributed by atoms with van der Waals surface area (Å²) in [7, 11) is -7.15. The fourth-order valence-corrected chi connectivity index (χ4v) is 518. The van der Waals surface area contributed by atoms with Gasteiger partial charge in [0, 0.05) is 0 Å². The minimum atomic E-state index is -3.62. The molecule has 5 heterocycles. The zero-order chi connectivity index (χ0) is 73.7. The predicted molar refractivity (Wildman–Crippen MR) is 456 cm³/mol. The van der Waals surface area contributed by atoms with Crippen LogP contribution < -0.4 is 31.1 Å². The van der Waals surface area contributed by atoms with Gasteiger partial charge in [-0.05, 0) is 207 Å². The Kier molecular flexibility index (Phi) is 22.6. The molecule has 4 atom stereocenters. The molecule has 5 aliphatic heterocycles. The Labute approximate surface area is 616 Å². The van der Waals surface area contributed by atoms with Gasteiger partial charge in [-0.1, -0.05) is 353 Å². The van der Waals surface area contributed by atoms with Crippen molar-refractivity contribution >= 4 is 92.6 Å². The SMILES string of the molecule is CC(C)c1cc(C(C)C)c([Si]2(c3c(C(C)C)cc(C(C)C)cc3C(C)C)[Si]3(Cl)[Si]4(Cl)[Si](c5c(C(C)C)cc(C(C)C)cc5C(C)C)(c5c(C(C)C)cc(C(C)C)cc5C(C)C)[Si]3(c3c(C(C)C)cc(C(C)C)cc3C(C)C)[Si]24c2c(C(C)C)cc(C(C)C)cc2C(C)C)c(C(C)C)c1. The molecule has 5 saturated heterocycles. The molecule has 0 aromatic heterocycles. The zero-order valence-corrected chi connectivity index (χ0v) is 76.6. The van der Waals surface area contributed by atoms with E-state index in [2.05, 4.69) is 322 Å². The van der Waals surface area contributed by atoms with Gasteiger partial charge in [0.2, 0.25) is 0 Å².